The molecule has 1 amide bonds. The van der Waals surface area contributed by atoms with E-state index in [1.165, 1.54) is 12.0 Å². The summed E-state index contributed by atoms with van der Waals surface area (Å²) in [4.78, 5) is 17.0. The van der Waals surface area contributed by atoms with Gasteiger partial charge in [-0.2, -0.15) is 0 Å². The lowest BCUT2D eigenvalue weighted by atomic mass is 9.75. The lowest BCUT2D eigenvalue weighted by Gasteiger charge is -2.31. The predicted molar refractivity (Wildman–Crippen MR) is 86.3 cm³/mol. The SMILES string of the molecule is Cc1ccc2cc(NC(=O)C3(C)CCCCC3)cnc2c1. The second kappa shape index (κ2) is 5.47. The van der Waals surface area contributed by atoms with Crippen LogP contribution in [0.1, 0.15) is 44.6 Å². The molecule has 3 heteroatoms. The molecule has 1 aliphatic carbocycles. The van der Waals surface area contributed by atoms with Crippen molar-refractivity contribution in [3.05, 3.63) is 36.0 Å². The normalized spacial score (nSPS) is 17.6. The zero-order valence-corrected chi connectivity index (χ0v) is 12.8. The summed E-state index contributed by atoms with van der Waals surface area (Å²) in [7, 11) is 0. The molecule has 0 spiro atoms. The van der Waals surface area contributed by atoms with Crippen molar-refractivity contribution in [3.63, 3.8) is 0 Å². The Kier molecular flexibility index (Phi) is 3.66. The number of amides is 1. The van der Waals surface area contributed by atoms with E-state index < -0.39 is 0 Å². The van der Waals surface area contributed by atoms with Crippen molar-refractivity contribution in [3.8, 4) is 0 Å². The van der Waals surface area contributed by atoms with E-state index in [0.717, 1.165) is 42.3 Å². The van der Waals surface area contributed by atoms with E-state index in [-0.39, 0.29) is 11.3 Å². The number of aromatic nitrogens is 1. The number of aryl methyl sites for hydroxylation is 1. The molecule has 1 fully saturated rings. The molecule has 0 aliphatic heterocycles. The Morgan fingerprint density at radius 2 is 1.95 bits per heavy atom. The van der Waals surface area contributed by atoms with Gasteiger partial charge in [0, 0.05) is 10.8 Å². The molecule has 2 aromatic rings. The molecule has 1 heterocycles. The second-order valence-electron chi connectivity index (χ2n) is 6.50. The van der Waals surface area contributed by atoms with Gasteiger partial charge >= 0.3 is 0 Å². The largest absolute Gasteiger partial charge is 0.324 e. The van der Waals surface area contributed by atoms with Crippen LogP contribution in [-0.4, -0.2) is 10.9 Å². The molecule has 110 valence electrons. The Hall–Kier alpha value is -1.90. The van der Waals surface area contributed by atoms with Crippen LogP contribution < -0.4 is 5.32 Å². The summed E-state index contributed by atoms with van der Waals surface area (Å²) in [5.41, 5.74) is 2.74. The van der Waals surface area contributed by atoms with E-state index in [9.17, 15) is 4.79 Å². The smallest absolute Gasteiger partial charge is 0.230 e. The number of nitrogens with zero attached hydrogens (tertiary/aromatic N) is 1. The zero-order chi connectivity index (χ0) is 14.9. The van der Waals surface area contributed by atoms with Crippen molar-refractivity contribution in [2.75, 3.05) is 5.32 Å². The fraction of sp³-hybridized carbons (Fsp3) is 0.444. The molecule has 0 radical (unpaired) electrons. The average molecular weight is 282 g/mol. The second-order valence-corrected chi connectivity index (χ2v) is 6.50. The predicted octanol–water partition coefficient (Wildman–Crippen LogP) is 4.45. The van der Waals surface area contributed by atoms with Crippen LogP contribution in [0.25, 0.3) is 10.9 Å². The molecule has 0 bridgehead atoms. The number of nitrogens with one attached hydrogen (secondary N) is 1. The Labute approximate surface area is 125 Å². The molecular weight excluding hydrogens is 260 g/mol. The zero-order valence-electron chi connectivity index (χ0n) is 12.8. The van der Waals surface area contributed by atoms with Crippen LogP contribution in [0.5, 0.6) is 0 Å². The van der Waals surface area contributed by atoms with Crippen molar-refractivity contribution >= 4 is 22.5 Å². The first-order chi connectivity index (χ1) is 10.1. The van der Waals surface area contributed by atoms with Gasteiger partial charge in [0.2, 0.25) is 5.91 Å². The third-order valence-electron chi connectivity index (χ3n) is 4.60. The number of rotatable bonds is 2. The van der Waals surface area contributed by atoms with Gasteiger partial charge in [0.05, 0.1) is 17.4 Å². The molecule has 1 aliphatic rings. The Bertz CT molecular complexity index is 672. The maximum Gasteiger partial charge on any atom is 0.230 e. The van der Waals surface area contributed by atoms with Gasteiger partial charge in [-0.15, -0.1) is 0 Å². The molecule has 1 aromatic carbocycles. The van der Waals surface area contributed by atoms with Crippen LogP contribution in [0.2, 0.25) is 0 Å². The van der Waals surface area contributed by atoms with Crippen molar-refractivity contribution in [1.82, 2.24) is 4.98 Å². The number of hydrogen-bond acceptors (Lipinski definition) is 2. The van der Waals surface area contributed by atoms with Crippen LogP contribution in [0.3, 0.4) is 0 Å². The van der Waals surface area contributed by atoms with Crippen LogP contribution in [0.15, 0.2) is 30.5 Å². The van der Waals surface area contributed by atoms with Crippen LogP contribution >= 0.6 is 0 Å². The Balaban J connectivity index is 1.81. The van der Waals surface area contributed by atoms with Gasteiger partial charge in [-0.25, -0.2) is 0 Å². The van der Waals surface area contributed by atoms with Crippen molar-refractivity contribution in [1.29, 1.82) is 0 Å². The highest BCUT2D eigenvalue weighted by Crippen LogP contribution is 2.36. The molecule has 1 N–H and O–H groups in total. The van der Waals surface area contributed by atoms with E-state index in [1.807, 2.05) is 6.07 Å². The quantitative estimate of drug-likeness (QED) is 0.884. The first-order valence-electron chi connectivity index (χ1n) is 7.75. The lowest BCUT2D eigenvalue weighted by molar-refractivity contribution is -0.126. The first-order valence-corrected chi connectivity index (χ1v) is 7.75. The van der Waals surface area contributed by atoms with Gasteiger partial charge in [-0.3, -0.25) is 9.78 Å². The molecule has 21 heavy (non-hydrogen) atoms. The molecule has 3 nitrogen and oxygen atoms in total. The molecule has 0 unspecified atom stereocenters. The van der Waals surface area contributed by atoms with E-state index >= 15 is 0 Å². The summed E-state index contributed by atoms with van der Waals surface area (Å²) in [5, 5.41) is 4.12. The van der Waals surface area contributed by atoms with Gasteiger partial charge in [-0.05, 0) is 37.5 Å². The van der Waals surface area contributed by atoms with Gasteiger partial charge in [0.1, 0.15) is 0 Å². The molecule has 3 rings (SSSR count). The molecule has 0 saturated heterocycles. The topological polar surface area (TPSA) is 42.0 Å². The maximum absolute atomic E-state index is 12.5. The Morgan fingerprint density at radius 1 is 1.19 bits per heavy atom. The number of fused-ring (bicyclic) bond motifs is 1. The minimum atomic E-state index is -0.222. The van der Waals surface area contributed by atoms with Gasteiger partial charge in [0.15, 0.2) is 0 Å². The average Bonchev–Trinajstić information content (AvgIpc) is 2.48. The third-order valence-corrected chi connectivity index (χ3v) is 4.60. The van der Waals surface area contributed by atoms with Crippen molar-refractivity contribution < 1.29 is 4.79 Å². The fourth-order valence-corrected chi connectivity index (χ4v) is 3.14. The molecule has 1 saturated carbocycles. The van der Waals surface area contributed by atoms with Crippen LogP contribution in [0.4, 0.5) is 5.69 Å². The highest BCUT2D eigenvalue weighted by atomic mass is 16.2. The highest BCUT2D eigenvalue weighted by Gasteiger charge is 2.34. The number of carbonyl (C=O) groups excluding carboxylic acids is 1. The van der Waals surface area contributed by atoms with Crippen molar-refractivity contribution in [2.24, 2.45) is 5.41 Å². The summed E-state index contributed by atoms with van der Waals surface area (Å²) in [5.74, 6) is 0.135. The van der Waals surface area contributed by atoms with E-state index in [4.69, 9.17) is 0 Å². The van der Waals surface area contributed by atoms with Crippen molar-refractivity contribution in [2.45, 2.75) is 46.0 Å². The Morgan fingerprint density at radius 3 is 2.71 bits per heavy atom. The van der Waals surface area contributed by atoms with E-state index in [2.05, 4.69) is 42.3 Å². The van der Waals surface area contributed by atoms with Gasteiger partial charge < -0.3 is 5.32 Å². The summed E-state index contributed by atoms with van der Waals surface area (Å²) in [6.07, 6.45) is 7.28. The maximum atomic E-state index is 12.5. The fourth-order valence-electron chi connectivity index (χ4n) is 3.14. The van der Waals surface area contributed by atoms with Crippen LogP contribution in [-0.2, 0) is 4.79 Å². The number of benzene rings is 1. The van der Waals surface area contributed by atoms with Gasteiger partial charge in [-0.1, -0.05) is 38.3 Å². The number of pyridine rings is 1. The summed E-state index contributed by atoms with van der Waals surface area (Å²) in [6.45, 7) is 4.14. The molecule has 1 aromatic heterocycles. The molecule has 0 atom stereocenters. The molecular formula is C18H22N2O. The summed E-state index contributed by atoms with van der Waals surface area (Å²) < 4.78 is 0. The highest BCUT2D eigenvalue weighted by molar-refractivity contribution is 5.96. The summed E-state index contributed by atoms with van der Waals surface area (Å²) in [6, 6.07) is 8.18. The van der Waals surface area contributed by atoms with Gasteiger partial charge in [0.25, 0.3) is 0 Å². The standard InChI is InChI=1S/C18H22N2O/c1-13-6-7-14-11-15(12-19-16(14)10-13)20-17(21)18(2)8-4-3-5-9-18/h6-7,10-12H,3-5,8-9H2,1-2H3,(H,20,21). The first kappa shape index (κ1) is 14.1. The lowest BCUT2D eigenvalue weighted by Crippen LogP contribution is -2.35. The van der Waals surface area contributed by atoms with Crippen LogP contribution in [0, 0.1) is 12.3 Å². The van der Waals surface area contributed by atoms with E-state index in [1.54, 1.807) is 6.20 Å². The number of hydrogen-bond donors (Lipinski definition) is 1. The number of carbonyl (C=O) groups is 1. The summed E-state index contributed by atoms with van der Waals surface area (Å²) >= 11 is 0. The minimum absolute atomic E-state index is 0.135. The monoisotopic (exact) mass is 282 g/mol. The van der Waals surface area contributed by atoms with E-state index in [0.29, 0.717) is 0 Å². The third kappa shape index (κ3) is 2.92. The minimum Gasteiger partial charge on any atom is -0.324 e. The number of anilines is 1.